The number of nitrogens with one attached hydrogen (secondary N) is 1. The van der Waals surface area contributed by atoms with Gasteiger partial charge in [0.25, 0.3) is 0 Å². The second-order valence-electron chi connectivity index (χ2n) is 4.51. The van der Waals surface area contributed by atoms with Crippen LogP contribution in [0.1, 0.15) is 28.2 Å². The van der Waals surface area contributed by atoms with Gasteiger partial charge in [0, 0.05) is 22.7 Å². The molecule has 0 atom stereocenters. The Kier molecular flexibility index (Phi) is 5.96. The molecule has 19 heavy (non-hydrogen) atoms. The van der Waals surface area contributed by atoms with Gasteiger partial charge in [-0.25, -0.2) is 13.6 Å². The third-order valence-electron chi connectivity index (χ3n) is 2.69. The minimum Gasteiger partial charge on any atom is -0.356 e. The lowest BCUT2D eigenvalue weighted by atomic mass is 10.1. The number of thiophene rings is 1. The SMILES string of the molecule is Cc1cc(CCC(=O)NCCCS(N)(=O)=O)c(C)s1. The molecule has 0 aliphatic rings. The third kappa shape index (κ3) is 6.70. The average molecular weight is 304 g/mol. The average Bonchev–Trinajstić information content (AvgIpc) is 2.59. The van der Waals surface area contributed by atoms with Crippen molar-refractivity contribution in [3.63, 3.8) is 0 Å². The molecule has 0 saturated carbocycles. The summed E-state index contributed by atoms with van der Waals surface area (Å²) in [6.07, 6.45) is 1.49. The first-order chi connectivity index (χ1) is 8.78. The van der Waals surface area contributed by atoms with Crippen LogP contribution in [0.2, 0.25) is 0 Å². The number of sulfonamides is 1. The van der Waals surface area contributed by atoms with E-state index < -0.39 is 10.0 Å². The highest BCUT2D eigenvalue weighted by atomic mass is 32.2. The van der Waals surface area contributed by atoms with Crippen LogP contribution in [0, 0.1) is 13.8 Å². The van der Waals surface area contributed by atoms with Gasteiger partial charge >= 0.3 is 0 Å². The quantitative estimate of drug-likeness (QED) is 0.739. The molecule has 0 spiro atoms. The Labute approximate surface area is 118 Å². The summed E-state index contributed by atoms with van der Waals surface area (Å²) in [7, 11) is -3.43. The number of aryl methyl sites for hydroxylation is 3. The van der Waals surface area contributed by atoms with E-state index >= 15 is 0 Å². The summed E-state index contributed by atoms with van der Waals surface area (Å²) in [4.78, 5) is 14.1. The fourth-order valence-corrected chi connectivity index (χ4v) is 3.29. The predicted molar refractivity (Wildman–Crippen MR) is 77.7 cm³/mol. The molecule has 1 aromatic heterocycles. The van der Waals surface area contributed by atoms with Crippen LogP contribution in [0.3, 0.4) is 0 Å². The molecule has 0 fully saturated rings. The minimum absolute atomic E-state index is 0.0577. The number of primary sulfonamides is 1. The van der Waals surface area contributed by atoms with Crippen LogP contribution < -0.4 is 10.5 Å². The maximum absolute atomic E-state index is 11.6. The highest BCUT2D eigenvalue weighted by Gasteiger charge is 2.07. The van der Waals surface area contributed by atoms with Crippen molar-refractivity contribution < 1.29 is 13.2 Å². The van der Waals surface area contributed by atoms with Crippen LogP contribution in [-0.2, 0) is 21.2 Å². The van der Waals surface area contributed by atoms with Crippen molar-refractivity contribution in [2.24, 2.45) is 5.14 Å². The molecule has 0 saturated heterocycles. The van der Waals surface area contributed by atoms with Crippen LogP contribution >= 0.6 is 11.3 Å². The first kappa shape index (κ1) is 16.1. The monoisotopic (exact) mass is 304 g/mol. The first-order valence-corrected chi connectivity index (χ1v) is 8.64. The normalized spacial score (nSPS) is 11.5. The van der Waals surface area contributed by atoms with Gasteiger partial charge in [0.15, 0.2) is 0 Å². The molecule has 1 heterocycles. The van der Waals surface area contributed by atoms with E-state index in [1.807, 2.05) is 0 Å². The van der Waals surface area contributed by atoms with Crippen molar-refractivity contribution in [2.75, 3.05) is 12.3 Å². The van der Waals surface area contributed by atoms with E-state index in [0.717, 1.165) is 6.42 Å². The van der Waals surface area contributed by atoms with E-state index in [4.69, 9.17) is 5.14 Å². The lowest BCUT2D eigenvalue weighted by Crippen LogP contribution is -2.27. The minimum atomic E-state index is -3.43. The molecule has 1 aromatic rings. The molecule has 0 aliphatic heterocycles. The lowest BCUT2D eigenvalue weighted by Gasteiger charge is -2.04. The van der Waals surface area contributed by atoms with Crippen molar-refractivity contribution in [1.82, 2.24) is 5.32 Å². The lowest BCUT2D eigenvalue weighted by molar-refractivity contribution is -0.121. The summed E-state index contributed by atoms with van der Waals surface area (Å²) in [6.45, 7) is 4.45. The number of amides is 1. The number of nitrogens with two attached hydrogens (primary N) is 1. The standard InChI is InChI=1S/C12H20N2O3S2/c1-9-8-11(10(2)18-9)4-5-12(15)14-6-3-7-19(13,16)17/h8H,3-7H2,1-2H3,(H,14,15)(H2,13,16,17). The molecule has 3 N–H and O–H groups in total. The molecule has 0 unspecified atom stereocenters. The topological polar surface area (TPSA) is 89.3 Å². The van der Waals surface area contributed by atoms with E-state index in [0.29, 0.717) is 19.4 Å². The summed E-state index contributed by atoms with van der Waals surface area (Å²) in [5, 5.41) is 7.56. The highest BCUT2D eigenvalue weighted by molar-refractivity contribution is 7.89. The van der Waals surface area contributed by atoms with Gasteiger partial charge in [-0.15, -0.1) is 11.3 Å². The van der Waals surface area contributed by atoms with Gasteiger partial charge in [0.2, 0.25) is 15.9 Å². The zero-order valence-electron chi connectivity index (χ0n) is 11.2. The molecule has 1 rings (SSSR count). The molecule has 108 valence electrons. The second kappa shape index (κ2) is 7.02. The molecule has 1 amide bonds. The number of hydrogen-bond acceptors (Lipinski definition) is 4. The molecule has 0 aromatic carbocycles. The van der Waals surface area contributed by atoms with E-state index in [1.54, 1.807) is 11.3 Å². The smallest absolute Gasteiger partial charge is 0.220 e. The largest absolute Gasteiger partial charge is 0.356 e. The van der Waals surface area contributed by atoms with Crippen molar-refractivity contribution in [3.8, 4) is 0 Å². The van der Waals surface area contributed by atoms with Gasteiger partial charge in [0.1, 0.15) is 0 Å². The van der Waals surface area contributed by atoms with Gasteiger partial charge in [-0.3, -0.25) is 4.79 Å². The maximum atomic E-state index is 11.6. The Bertz CT molecular complexity index is 535. The van der Waals surface area contributed by atoms with E-state index in [1.165, 1.54) is 15.3 Å². The Morgan fingerprint density at radius 2 is 2.11 bits per heavy atom. The van der Waals surface area contributed by atoms with E-state index in [2.05, 4.69) is 25.2 Å². The van der Waals surface area contributed by atoms with Crippen molar-refractivity contribution in [2.45, 2.75) is 33.1 Å². The van der Waals surface area contributed by atoms with Crippen LogP contribution in [-0.4, -0.2) is 26.6 Å². The Morgan fingerprint density at radius 1 is 1.42 bits per heavy atom. The van der Waals surface area contributed by atoms with Gasteiger partial charge in [-0.2, -0.15) is 0 Å². The zero-order valence-corrected chi connectivity index (χ0v) is 12.9. The van der Waals surface area contributed by atoms with Crippen LogP contribution in [0.15, 0.2) is 6.07 Å². The molecule has 5 nitrogen and oxygen atoms in total. The zero-order chi connectivity index (χ0) is 14.5. The summed E-state index contributed by atoms with van der Waals surface area (Å²) in [5.74, 6) is -0.159. The maximum Gasteiger partial charge on any atom is 0.220 e. The van der Waals surface area contributed by atoms with Crippen molar-refractivity contribution >= 4 is 27.3 Å². The molecular weight excluding hydrogens is 284 g/mol. The number of rotatable bonds is 7. The molecule has 7 heteroatoms. The van der Waals surface area contributed by atoms with E-state index in [-0.39, 0.29) is 11.7 Å². The summed E-state index contributed by atoms with van der Waals surface area (Å²) in [5.41, 5.74) is 1.21. The number of carbonyl (C=O) groups excluding carboxylic acids is 1. The molecule has 0 radical (unpaired) electrons. The Hall–Kier alpha value is -0.920. The predicted octanol–water partition coefficient (Wildman–Crippen LogP) is 1.09. The number of hydrogen-bond donors (Lipinski definition) is 2. The summed E-state index contributed by atoms with van der Waals surface area (Å²) in [6, 6.07) is 2.11. The molecule has 0 aliphatic carbocycles. The van der Waals surface area contributed by atoms with Gasteiger partial charge in [0.05, 0.1) is 5.75 Å². The fraction of sp³-hybridized carbons (Fsp3) is 0.583. The van der Waals surface area contributed by atoms with Crippen LogP contribution in [0.25, 0.3) is 0 Å². The molecular formula is C12H20N2O3S2. The van der Waals surface area contributed by atoms with Gasteiger partial charge in [-0.05, 0) is 38.3 Å². The summed E-state index contributed by atoms with van der Waals surface area (Å²) >= 11 is 1.73. The van der Waals surface area contributed by atoms with Crippen LogP contribution in [0.4, 0.5) is 0 Å². The Morgan fingerprint density at radius 3 is 2.63 bits per heavy atom. The van der Waals surface area contributed by atoms with E-state index in [9.17, 15) is 13.2 Å². The van der Waals surface area contributed by atoms with Crippen LogP contribution in [0.5, 0.6) is 0 Å². The van der Waals surface area contributed by atoms with Gasteiger partial charge < -0.3 is 5.32 Å². The fourth-order valence-electron chi connectivity index (χ4n) is 1.77. The third-order valence-corrected chi connectivity index (χ3v) is 4.56. The summed E-state index contributed by atoms with van der Waals surface area (Å²) < 4.78 is 21.4. The highest BCUT2D eigenvalue weighted by Crippen LogP contribution is 2.21. The second-order valence-corrected chi connectivity index (χ2v) is 7.70. The number of carbonyl (C=O) groups is 1. The van der Waals surface area contributed by atoms with Crippen molar-refractivity contribution in [1.29, 1.82) is 0 Å². The first-order valence-electron chi connectivity index (χ1n) is 6.11. The van der Waals surface area contributed by atoms with Crippen molar-refractivity contribution in [3.05, 3.63) is 21.4 Å². The van der Waals surface area contributed by atoms with Gasteiger partial charge in [-0.1, -0.05) is 0 Å². The molecule has 0 bridgehead atoms. The Balaban J connectivity index is 2.23.